The smallest absolute Gasteiger partial charge is 0.248 e. The Morgan fingerprint density at radius 1 is 1.08 bits per heavy atom. The van der Waals surface area contributed by atoms with Crippen molar-refractivity contribution in [1.82, 2.24) is 0 Å². The van der Waals surface area contributed by atoms with Gasteiger partial charge in [0.1, 0.15) is 0 Å². The largest absolute Gasteiger partial charge is 0.493 e. The van der Waals surface area contributed by atoms with Crippen molar-refractivity contribution in [2.75, 3.05) is 19.5 Å². The van der Waals surface area contributed by atoms with Gasteiger partial charge in [-0.3, -0.25) is 4.79 Å². The summed E-state index contributed by atoms with van der Waals surface area (Å²) in [7, 11) is 2.82. The van der Waals surface area contributed by atoms with E-state index in [-0.39, 0.29) is 11.4 Å². The van der Waals surface area contributed by atoms with Gasteiger partial charge in [0, 0.05) is 18.2 Å². The monoisotopic (exact) mass is 369 g/mol. The molecule has 0 saturated carbocycles. The minimum atomic E-state index is -0.635. The molecule has 126 valence electrons. The van der Waals surface area contributed by atoms with Crippen LogP contribution >= 0.6 is 23.2 Å². The van der Waals surface area contributed by atoms with E-state index in [1.807, 2.05) is 0 Å². The molecule has 0 aliphatic heterocycles. The van der Waals surface area contributed by atoms with Gasteiger partial charge in [0.25, 0.3) is 0 Å². The number of nitrogens with one attached hydrogen (secondary N) is 1. The highest BCUT2D eigenvalue weighted by atomic mass is 35.5. The van der Waals surface area contributed by atoms with Crippen LogP contribution in [0, 0.1) is 5.82 Å². The molecule has 0 unspecified atom stereocenters. The van der Waals surface area contributed by atoms with Crippen LogP contribution in [-0.2, 0) is 4.79 Å². The molecule has 0 aliphatic carbocycles. The predicted molar refractivity (Wildman–Crippen MR) is 93.6 cm³/mol. The molecule has 2 aromatic rings. The Morgan fingerprint density at radius 2 is 1.75 bits per heavy atom. The summed E-state index contributed by atoms with van der Waals surface area (Å²) in [5.74, 6) is -0.599. The summed E-state index contributed by atoms with van der Waals surface area (Å²) in [5.41, 5.74) is 0.670. The van der Waals surface area contributed by atoms with Gasteiger partial charge in [-0.25, -0.2) is 4.39 Å². The van der Waals surface area contributed by atoms with Gasteiger partial charge in [0.2, 0.25) is 5.91 Å². The predicted octanol–water partition coefficient (Wildman–Crippen LogP) is 4.80. The molecule has 24 heavy (non-hydrogen) atoms. The SMILES string of the molecule is COc1cc(F)c(NC(=O)/C=C/c2ccc(Cl)c(Cl)c2)cc1OC. The van der Waals surface area contributed by atoms with E-state index in [1.54, 1.807) is 18.2 Å². The molecule has 0 spiro atoms. The normalized spacial score (nSPS) is 10.7. The van der Waals surface area contributed by atoms with E-state index in [0.29, 0.717) is 21.4 Å². The lowest BCUT2D eigenvalue weighted by Gasteiger charge is -2.11. The van der Waals surface area contributed by atoms with Crippen LogP contribution < -0.4 is 14.8 Å². The first-order valence-corrected chi connectivity index (χ1v) is 7.56. The van der Waals surface area contributed by atoms with Crippen molar-refractivity contribution in [3.05, 3.63) is 57.8 Å². The number of carbonyl (C=O) groups excluding carboxylic acids is 1. The summed E-state index contributed by atoms with van der Waals surface area (Å²) in [5, 5.41) is 3.24. The molecule has 0 saturated heterocycles. The number of amides is 1. The minimum absolute atomic E-state index is 0.0172. The van der Waals surface area contributed by atoms with Crippen molar-refractivity contribution in [2.45, 2.75) is 0 Å². The lowest BCUT2D eigenvalue weighted by Crippen LogP contribution is -2.09. The molecule has 0 radical (unpaired) electrons. The van der Waals surface area contributed by atoms with Crippen LogP contribution in [0.15, 0.2) is 36.4 Å². The van der Waals surface area contributed by atoms with E-state index < -0.39 is 11.7 Å². The Morgan fingerprint density at radius 3 is 2.38 bits per heavy atom. The van der Waals surface area contributed by atoms with Gasteiger partial charge in [-0.1, -0.05) is 29.3 Å². The number of ether oxygens (including phenoxy) is 2. The van der Waals surface area contributed by atoms with Crippen LogP contribution in [0.5, 0.6) is 11.5 Å². The minimum Gasteiger partial charge on any atom is -0.493 e. The zero-order chi connectivity index (χ0) is 17.7. The first kappa shape index (κ1) is 18.1. The van der Waals surface area contributed by atoms with Crippen LogP contribution in [0.25, 0.3) is 6.08 Å². The maximum Gasteiger partial charge on any atom is 0.248 e. The third-order valence-corrected chi connectivity index (χ3v) is 3.84. The highest BCUT2D eigenvalue weighted by Gasteiger charge is 2.12. The molecular formula is C17H14Cl2FNO3. The molecule has 0 atom stereocenters. The quantitative estimate of drug-likeness (QED) is 0.769. The third kappa shape index (κ3) is 4.40. The van der Waals surface area contributed by atoms with Gasteiger partial charge in [-0.2, -0.15) is 0 Å². The number of carbonyl (C=O) groups is 1. The van der Waals surface area contributed by atoms with Crippen molar-refractivity contribution < 1.29 is 18.7 Å². The Hall–Kier alpha value is -2.24. The van der Waals surface area contributed by atoms with E-state index in [1.165, 1.54) is 32.4 Å². The second kappa shape index (κ2) is 8.04. The fourth-order valence-corrected chi connectivity index (χ4v) is 2.22. The summed E-state index contributed by atoms with van der Waals surface area (Å²) >= 11 is 11.7. The van der Waals surface area contributed by atoms with E-state index in [0.717, 1.165) is 6.07 Å². The third-order valence-electron chi connectivity index (χ3n) is 3.10. The van der Waals surface area contributed by atoms with Gasteiger partial charge >= 0.3 is 0 Å². The van der Waals surface area contributed by atoms with E-state index in [2.05, 4.69) is 5.32 Å². The van der Waals surface area contributed by atoms with Gasteiger partial charge in [-0.15, -0.1) is 0 Å². The Bertz CT molecular complexity index is 794. The average Bonchev–Trinajstić information content (AvgIpc) is 2.57. The highest BCUT2D eigenvalue weighted by Crippen LogP contribution is 2.32. The topological polar surface area (TPSA) is 47.6 Å². The number of benzene rings is 2. The van der Waals surface area contributed by atoms with Crippen LogP contribution in [-0.4, -0.2) is 20.1 Å². The molecule has 2 aromatic carbocycles. The molecule has 1 N–H and O–H groups in total. The lowest BCUT2D eigenvalue weighted by molar-refractivity contribution is -0.111. The number of hydrogen-bond donors (Lipinski definition) is 1. The van der Waals surface area contributed by atoms with Crippen LogP contribution in [0.1, 0.15) is 5.56 Å². The molecular weight excluding hydrogens is 356 g/mol. The molecule has 4 nitrogen and oxygen atoms in total. The van der Waals surface area contributed by atoms with E-state index in [4.69, 9.17) is 32.7 Å². The number of halogens is 3. The first-order valence-electron chi connectivity index (χ1n) is 6.80. The van der Waals surface area contributed by atoms with Crippen LogP contribution in [0.4, 0.5) is 10.1 Å². The first-order chi connectivity index (χ1) is 11.4. The summed E-state index contributed by atoms with van der Waals surface area (Å²) in [6.45, 7) is 0. The average molecular weight is 370 g/mol. The standard InChI is InChI=1S/C17H14Cl2FNO3/c1-23-15-8-13(20)14(9-16(15)24-2)21-17(22)6-4-10-3-5-11(18)12(19)7-10/h3-9H,1-2H3,(H,21,22)/b6-4+. The molecule has 0 fully saturated rings. The summed E-state index contributed by atoms with van der Waals surface area (Å²) in [6.07, 6.45) is 2.80. The fourth-order valence-electron chi connectivity index (χ4n) is 1.91. The summed E-state index contributed by atoms with van der Waals surface area (Å²) in [4.78, 5) is 11.9. The van der Waals surface area contributed by atoms with E-state index in [9.17, 15) is 9.18 Å². The van der Waals surface area contributed by atoms with Crippen LogP contribution in [0.3, 0.4) is 0 Å². The molecule has 1 amide bonds. The molecule has 2 rings (SSSR count). The maximum absolute atomic E-state index is 14.0. The zero-order valence-corrected chi connectivity index (χ0v) is 14.4. The van der Waals surface area contributed by atoms with Crippen LogP contribution in [0.2, 0.25) is 10.0 Å². The van der Waals surface area contributed by atoms with Crippen molar-refractivity contribution in [1.29, 1.82) is 0 Å². The summed E-state index contributed by atoms with van der Waals surface area (Å²) < 4.78 is 24.0. The highest BCUT2D eigenvalue weighted by molar-refractivity contribution is 6.42. The molecule has 0 aliphatic rings. The number of methoxy groups -OCH3 is 2. The van der Waals surface area contributed by atoms with Gasteiger partial charge in [-0.05, 0) is 23.8 Å². The number of anilines is 1. The fraction of sp³-hybridized carbons (Fsp3) is 0.118. The van der Waals surface area contributed by atoms with E-state index >= 15 is 0 Å². The number of hydrogen-bond acceptors (Lipinski definition) is 3. The zero-order valence-electron chi connectivity index (χ0n) is 12.9. The van der Waals surface area contributed by atoms with Crippen molar-refractivity contribution in [2.24, 2.45) is 0 Å². The van der Waals surface area contributed by atoms with Gasteiger partial charge in [0.05, 0.1) is 30.0 Å². The Labute approximate surface area is 148 Å². The maximum atomic E-state index is 14.0. The Kier molecular flexibility index (Phi) is 6.06. The van der Waals surface area contributed by atoms with Gasteiger partial charge in [0.15, 0.2) is 17.3 Å². The second-order valence-corrected chi connectivity index (χ2v) is 5.50. The lowest BCUT2D eigenvalue weighted by atomic mass is 10.2. The number of rotatable bonds is 5. The van der Waals surface area contributed by atoms with Gasteiger partial charge < -0.3 is 14.8 Å². The van der Waals surface area contributed by atoms with Crippen molar-refractivity contribution in [3.63, 3.8) is 0 Å². The second-order valence-electron chi connectivity index (χ2n) is 4.68. The van der Waals surface area contributed by atoms with Crippen molar-refractivity contribution >= 4 is 40.9 Å². The molecule has 0 heterocycles. The molecule has 0 bridgehead atoms. The molecule has 0 aromatic heterocycles. The van der Waals surface area contributed by atoms with Crippen molar-refractivity contribution in [3.8, 4) is 11.5 Å². The summed E-state index contributed by atoms with van der Waals surface area (Å²) in [6, 6.07) is 7.42. The molecule has 7 heteroatoms. The Balaban J connectivity index is 2.14.